The highest BCUT2D eigenvalue weighted by atomic mass is 35.5. The monoisotopic (exact) mass is 426 g/mol. The number of benzene rings is 2. The van der Waals surface area contributed by atoms with E-state index in [1.54, 1.807) is 7.05 Å². The number of anilines is 2. The quantitative estimate of drug-likeness (QED) is 0.780. The van der Waals surface area contributed by atoms with Gasteiger partial charge >= 0.3 is 6.03 Å². The number of carbonyl (C=O) groups excluding carboxylic acids is 2. The molecule has 3 amide bonds. The molecule has 1 saturated carbocycles. The third-order valence-electron chi connectivity index (χ3n) is 6.30. The normalized spacial score (nSPS) is 17.8. The highest BCUT2D eigenvalue weighted by Gasteiger charge is 2.48. The van der Waals surface area contributed by atoms with Gasteiger partial charge in [0.15, 0.2) is 0 Å². The lowest BCUT2D eigenvalue weighted by molar-refractivity contribution is -0.141. The van der Waals surface area contributed by atoms with Crippen LogP contribution in [0.2, 0.25) is 5.02 Å². The average molecular weight is 427 g/mol. The van der Waals surface area contributed by atoms with E-state index in [0.717, 1.165) is 48.6 Å². The number of nitrogens with one attached hydrogen (secondary N) is 2. The molecule has 2 fully saturated rings. The minimum absolute atomic E-state index is 0.222. The fraction of sp³-hybridized carbons (Fsp3) is 0.391. The lowest BCUT2D eigenvalue weighted by atomic mass is 9.63. The van der Waals surface area contributed by atoms with Gasteiger partial charge in [-0.05, 0) is 42.7 Å². The summed E-state index contributed by atoms with van der Waals surface area (Å²) in [5, 5.41) is 6.05. The number of hydrogen-bond acceptors (Lipinski definition) is 3. The number of rotatable bonds is 4. The maximum Gasteiger partial charge on any atom is 0.318 e. The summed E-state index contributed by atoms with van der Waals surface area (Å²) in [6.07, 6.45) is 2.81. The van der Waals surface area contributed by atoms with Crippen molar-refractivity contribution in [2.45, 2.75) is 24.7 Å². The molecule has 0 atom stereocenters. The van der Waals surface area contributed by atoms with E-state index in [1.165, 1.54) is 0 Å². The lowest BCUT2D eigenvalue weighted by Gasteiger charge is -2.46. The van der Waals surface area contributed by atoms with Gasteiger partial charge in [-0.3, -0.25) is 4.79 Å². The molecule has 158 valence electrons. The molecule has 0 aromatic heterocycles. The summed E-state index contributed by atoms with van der Waals surface area (Å²) >= 11 is 6.34. The van der Waals surface area contributed by atoms with Gasteiger partial charge in [0.2, 0.25) is 5.91 Å². The van der Waals surface area contributed by atoms with E-state index in [9.17, 15) is 9.59 Å². The van der Waals surface area contributed by atoms with Gasteiger partial charge in [-0.15, -0.1) is 0 Å². The van der Waals surface area contributed by atoms with Crippen LogP contribution >= 0.6 is 11.6 Å². The molecule has 1 aliphatic heterocycles. The standard InChI is InChI=1S/C23H27ClN4O2/c1-25-22(30)26-18-9-7-17(8-10-18)23(11-4-12-23)21(29)28-15-13-27(14-16-28)20-6-3-2-5-19(20)24/h2-3,5-10H,4,11-16H2,1H3,(H2,25,26,30). The Morgan fingerprint density at radius 2 is 1.63 bits per heavy atom. The molecule has 7 heteroatoms. The first-order valence-corrected chi connectivity index (χ1v) is 10.8. The Morgan fingerprint density at radius 1 is 0.967 bits per heavy atom. The molecule has 2 N–H and O–H groups in total. The van der Waals surface area contributed by atoms with Crippen molar-refractivity contribution in [3.05, 3.63) is 59.1 Å². The van der Waals surface area contributed by atoms with Crippen molar-refractivity contribution in [3.63, 3.8) is 0 Å². The molecular weight excluding hydrogens is 400 g/mol. The van der Waals surface area contributed by atoms with E-state index in [1.807, 2.05) is 53.4 Å². The Balaban J connectivity index is 1.44. The molecular formula is C23H27ClN4O2. The third-order valence-corrected chi connectivity index (χ3v) is 6.62. The number of para-hydroxylation sites is 1. The van der Waals surface area contributed by atoms with Gasteiger partial charge in [0.05, 0.1) is 16.1 Å². The molecule has 4 rings (SSSR count). The van der Waals surface area contributed by atoms with Crippen LogP contribution in [0.1, 0.15) is 24.8 Å². The zero-order chi connectivity index (χ0) is 21.1. The summed E-state index contributed by atoms with van der Waals surface area (Å²) in [5.74, 6) is 0.222. The van der Waals surface area contributed by atoms with Crippen LogP contribution in [-0.2, 0) is 10.2 Å². The zero-order valence-corrected chi connectivity index (χ0v) is 17.9. The van der Waals surface area contributed by atoms with Crippen molar-refractivity contribution in [3.8, 4) is 0 Å². The summed E-state index contributed by atoms with van der Waals surface area (Å²) in [6, 6.07) is 15.3. The second-order valence-electron chi connectivity index (χ2n) is 7.95. The molecule has 1 saturated heterocycles. The topological polar surface area (TPSA) is 64.7 Å². The van der Waals surface area contributed by atoms with Crippen LogP contribution in [0.4, 0.5) is 16.2 Å². The molecule has 2 aromatic rings. The van der Waals surface area contributed by atoms with Gasteiger partial charge < -0.3 is 20.4 Å². The Bertz CT molecular complexity index is 919. The molecule has 30 heavy (non-hydrogen) atoms. The lowest BCUT2D eigenvalue weighted by Crippen LogP contribution is -2.56. The zero-order valence-electron chi connectivity index (χ0n) is 17.2. The van der Waals surface area contributed by atoms with Crippen LogP contribution in [0.15, 0.2) is 48.5 Å². The smallest absolute Gasteiger partial charge is 0.318 e. The fourth-order valence-electron chi connectivity index (χ4n) is 4.38. The molecule has 2 aliphatic rings. The van der Waals surface area contributed by atoms with Crippen LogP contribution in [0.5, 0.6) is 0 Å². The van der Waals surface area contributed by atoms with Gasteiger partial charge in [-0.2, -0.15) is 0 Å². The van der Waals surface area contributed by atoms with Crippen molar-refractivity contribution in [2.75, 3.05) is 43.4 Å². The van der Waals surface area contributed by atoms with E-state index in [-0.39, 0.29) is 11.9 Å². The van der Waals surface area contributed by atoms with E-state index < -0.39 is 5.41 Å². The van der Waals surface area contributed by atoms with Gasteiger partial charge in [0.1, 0.15) is 0 Å². The number of halogens is 1. The van der Waals surface area contributed by atoms with Crippen LogP contribution in [0.25, 0.3) is 0 Å². The van der Waals surface area contributed by atoms with Gasteiger partial charge in [-0.1, -0.05) is 42.3 Å². The highest BCUT2D eigenvalue weighted by Crippen LogP contribution is 2.45. The molecule has 0 unspecified atom stereocenters. The molecule has 6 nitrogen and oxygen atoms in total. The summed E-state index contributed by atoms with van der Waals surface area (Å²) in [6.45, 7) is 2.95. The Hall–Kier alpha value is -2.73. The molecule has 1 heterocycles. The Kier molecular flexibility index (Phi) is 5.86. The van der Waals surface area contributed by atoms with Crippen molar-refractivity contribution >= 4 is 34.9 Å². The maximum atomic E-state index is 13.5. The number of nitrogens with zero attached hydrogens (tertiary/aromatic N) is 2. The van der Waals surface area contributed by atoms with E-state index in [2.05, 4.69) is 15.5 Å². The van der Waals surface area contributed by atoms with Crippen LogP contribution < -0.4 is 15.5 Å². The predicted molar refractivity (Wildman–Crippen MR) is 120 cm³/mol. The molecule has 1 aliphatic carbocycles. The van der Waals surface area contributed by atoms with Crippen LogP contribution in [0.3, 0.4) is 0 Å². The molecule has 0 spiro atoms. The fourth-order valence-corrected chi connectivity index (χ4v) is 4.64. The van der Waals surface area contributed by atoms with Gasteiger partial charge in [0.25, 0.3) is 0 Å². The van der Waals surface area contributed by atoms with Crippen molar-refractivity contribution in [1.29, 1.82) is 0 Å². The summed E-state index contributed by atoms with van der Waals surface area (Å²) in [7, 11) is 1.58. The number of piperazine rings is 1. The van der Waals surface area contributed by atoms with E-state index in [4.69, 9.17) is 11.6 Å². The first kappa shape index (κ1) is 20.5. The van der Waals surface area contributed by atoms with Crippen molar-refractivity contribution < 1.29 is 9.59 Å². The second kappa shape index (κ2) is 8.56. The minimum atomic E-state index is -0.432. The van der Waals surface area contributed by atoms with E-state index >= 15 is 0 Å². The first-order valence-electron chi connectivity index (χ1n) is 10.4. The number of hydrogen-bond donors (Lipinski definition) is 2. The minimum Gasteiger partial charge on any atom is -0.367 e. The largest absolute Gasteiger partial charge is 0.367 e. The van der Waals surface area contributed by atoms with Crippen molar-refractivity contribution in [1.82, 2.24) is 10.2 Å². The molecule has 0 bridgehead atoms. The molecule has 2 aromatic carbocycles. The second-order valence-corrected chi connectivity index (χ2v) is 8.35. The number of urea groups is 1. The highest BCUT2D eigenvalue weighted by molar-refractivity contribution is 6.33. The van der Waals surface area contributed by atoms with E-state index in [0.29, 0.717) is 18.8 Å². The Labute approximate surface area is 182 Å². The van der Waals surface area contributed by atoms with Crippen LogP contribution in [0, 0.1) is 0 Å². The SMILES string of the molecule is CNC(=O)Nc1ccc(C2(C(=O)N3CCN(c4ccccc4Cl)CC3)CCC2)cc1. The summed E-state index contributed by atoms with van der Waals surface area (Å²) in [4.78, 5) is 29.3. The number of carbonyl (C=O) groups is 2. The summed E-state index contributed by atoms with van der Waals surface area (Å²) < 4.78 is 0. The Morgan fingerprint density at radius 3 is 2.20 bits per heavy atom. The van der Waals surface area contributed by atoms with Gasteiger partial charge in [0, 0.05) is 38.9 Å². The summed E-state index contributed by atoms with van der Waals surface area (Å²) in [5.41, 5.74) is 2.35. The number of amides is 3. The van der Waals surface area contributed by atoms with Gasteiger partial charge in [-0.25, -0.2) is 4.79 Å². The first-order chi connectivity index (χ1) is 14.5. The predicted octanol–water partition coefficient (Wildman–Crippen LogP) is 3.86. The molecule has 0 radical (unpaired) electrons. The third kappa shape index (κ3) is 3.84. The maximum absolute atomic E-state index is 13.5. The van der Waals surface area contributed by atoms with Crippen LogP contribution in [-0.4, -0.2) is 50.1 Å². The average Bonchev–Trinajstić information content (AvgIpc) is 2.74. The van der Waals surface area contributed by atoms with Crippen molar-refractivity contribution in [2.24, 2.45) is 0 Å².